The monoisotopic (exact) mass is 257 g/mol. The maximum absolute atomic E-state index is 4.03. The summed E-state index contributed by atoms with van der Waals surface area (Å²) in [5, 5.41) is 3.47. The van der Waals surface area contributed by atoms with E-state index < -0.39 is 0 Å². The van der Waals surface area contributed by atoms with Crippen molar-refractivity contribution in [2.75, 3.05) is 11.9 Å². The number of anilines is 1. The van der Waals surface area contributed by atoms with Gasteiger partial charge in [0.05, 0.1) is 18.2 Å². The lowest BCUT2D eigenvalue weighted by Crippen LogP contribution is -2.01. The lowest BCUT2D eigenvalue weighted by atomic mass is 10.1. The quantitative estimate of drug-likeness (QED) is 0.685. The van der Waals surface area contributed by atoms with Crippen LogP contribution < -0.4 is 5.32 Å². The van der Waals surface area contributed by atoms with Crippen molar-refractivity contribution < 1.29 is 0 Å². The molecule has 0 radical (unpaired) electrons. The zero-order valence-electron chi connectivity index (χ0n) is 11.7. The molecule has 2 rings (SSSR count). The summed E-state index contributed by atoms with van der Waals surface area (Å²) in [5.41, 5.74) is 3.43. The van der Waals surface area contributed by atoms with Crippen LogP contribution in [0.5, 0.6) is 0 Å². The van der Waals surface area contributed by atoms with E-state index in [1.165, 1.54) is 43.4 Å². The normalized spacial score (nSPS) is 10.6. The third kappa shape index (κ3) is 4.43. The second kappa shape index (κ2) is 7.62. The molecule has 0 amide bonds. The Hall–Kier alpha value is -1.77. The largest absolute Gasteiger partial charge is 0.385 e. The van der Waals surface area contributed by atoms with Gasteiger partial charge < -0.3 is 10.3 Å². The van der Waals surface area contributed by atoms with Crippen LogP contribution in [-0.2, 0) is 0 Å². The lowest BCUT2D eigenvalue weighted by molar-refractivity contribution is 0.645. The Morgan fingerprint density at radius 3 is 2.53 bits per heavy atom. The first-order valence-electron chi connectivity index (χ1n) is 7.23. The predicted octanol–water partition coefficient (Wildman–Crippen LogP) is 4.46. The lowest BCUT2D eigenvalue weighted by Gasteiger charge is -2.07. The minimum absolute atomic E-state index is 1.06. The first kappa shape index (κ1) is 13.7. The van der Waals surface area contributed by atoms with Crippen LogP contribution in [0.3, 0.4) is 0 Å². The fourth-order valence-corrected chi connectivity index (χ4v) is 2.14. The third-order valence-electron chi connectivity index (χ3n) is 3.30. The van der Waals surface area contributed by atoms with Crippen molar-refractivity contribution in [3.05, 3.63) is 36.8 Å². The molecule has 102 valence electrons. The number of H-pyrrole nitrogens is 1. The van der Waals surface area contributed by atoms with Gasteiger partial charge in [-0.15, -0.1) is 0 Å². The van der Waals surface area contributed by atoms with Crippen LogP contribution in [0.25, 0.3) is 11.3 Å². The van der Waals surface area contributed by atoms with Crippen molar-refractivity contribution in [2.24, 2.45) is 0 Å². The van der Waals surface area contributed by atoms with Gasteiger partial charge in [-0.25, -0.2) is 4.98 Å². The Kier molecular flexibility index (Phi) is 5.48. The maximum atomic E-state index is 4.03. The van der Waals surface area contributed by atoms with Gasteiger partial charge in [0, 0.05) is 12.2 Å². The van der Waals surface area contributed by atoms with E-state index in [4.69, 9.17) is 0 Å². The number of benzene rings is 1. The highest BCUT2D eigenvalue weighted by Gasteiger charge is 1.98. The summed E-state index contributed by atoms with van der Waals surface area (Å²) in [5.74, 6) is 0. The molecule has 0 bridgehead atoms. The van der Waals surface area contributed by atoms with Gasteiger partial charge in [0.25, 0.3) is 0 Å². The zero-order valence-corrected chi connectivity index (χ0v) is 11.7. The summed E-state index contributed by atoms with van der Waals surface area (Å²) >= 11 is 0. The number of nitrogens with one attached hydrogen (secondary N) is 2. The molecule has 0 saturated heterocycles. The number of rotatable bonds is 8. The summed E-state index contributed by atoms with van der Waals surface area (Å²) in [6.45, 7) is 3.31. The van der Waals surface area contributed by atoms with Crippen LogP contribution in [0.1, 0.15) is 39.0 Å². The SMILES string of the molecule is CCCCCCCNc1ccc(-c2cnc[nH]2)cc1. The van der Waals surface area contributed by atoms with E-state index >= 15 is 0 Å². The molecule has 0 aliphatic carbocycles. The van der Waals surface area contributed by atoms with Crippen molar-refractivity contribution in [1.82, 2.24) is 9.97 Å². The Labute approximate surface area is 115 Å². The summed E-state index contributed by atoms with van der Waals surface area (Å²) < 4.78 is 0. The molecule has 0 fully saturated rings. The Bertz CT molecular complexity index is 445. The summed E-state index contributed by atoms with van der Waals surface area (Å²) in [4.78, 5) is 7.15. The minimum Gasteiger partial charge on any atom is -0.385 e. The number of unbranched alkanes of at least 4 members (excludes halogenated alkanes) is 4. The number of nitrogens with zero attached hydrogens (tertiary/aromatic N) is 1. The highest BCUT2D eigenvalue weighted by molar-refractivity contribution is 5.61. The van der Waals surface area contributed by atoms with E-state index in [2.05, 4.69) is 46.5 Å². The van der Waals surface area contributed by atoms with Gasteiger partial charge in [0.1, 0.15) is 0 Å². The van der Waals surface area contributed by atoms with Crippen LogP contribution in [0.15, 0.2) is 36.8 Å². The molecule has 3 heteroatoms. The summed E-state index contributed by atoms with van der Waals surface area (Å²) in [7, 11) is 0. The summed E-state index contributed by atoms with van der Waals surface area (Å²) in [6, 6.07) is 8.49. The van der Waals surface area contributed by atoms with E-state index in [0.717, 1.165) is 12.2 Å². The van der Waals surface area contributed by atoms with E-state index in [-0.39, 0.29) is 0 Å². The zero-order chi connectivity index (χ0) is 13.3. The van der Waals surface area contributed by atoms with Crippen molar-refractivity contribution in [3.8, 4) is 11.3 Å². The molecule has 2 N–H and O–H groups in total. The number of imidazole rings is 1. The van der Waals surface area contributed by atoms with Gasteiger partial charge in [0.2, 0.25) is 0 Å². The first-order valence-corrected chi connectivity index (χ1v) is 7.23. The van der Waals surface area contributed by atoms with Gasteiger partial charge in [-0.1, -0.05) is 44.7 Å². The number of hydrogen-bond acceptors (Lipinski definition) is 2. The minimum atomic E-state index is 1.06. The fourth-order valence-electron chi connectivity index (χ4n) is 2.14. The van der Waals surface area contributed by atoms with Crippen molar-refractivity contribution in [3.63, 3.8) is 0 Å². The molecule has 0 saturated carbocycles. The molecule has 0 aliphatic heterocycles. The molecule has 2 aromatic rings. The molecule has 0 aliphatic rings. The van der Waals surface area contributed by atoms with Crippen LogP contribution in [-0.4, -0.2) is 16.5 Å². The van der Waals surface area contributed by atoms with E-state index in [1.54, 1.807) is 6.33 Å². The average Bonchev–Trinajstić information content (AvgIpc) is 2.97. The number of aromatic amines is 1. The van der Waals surface area contributed by atoms with Gasteiger partial charge in [0.15, 0.2) is 0 Å². The topological polar surface area (TPSA) is 40.7 Å². The van der Waals surface area contributed by atoms with Crippen LogP contribution >= 0.6 is 0 Å². The van der Waals surface area contributed by atoms with E-state index in [0.29, 0.717) is 0 Å². The van der Waals surface area contributed by atoms with Gasteiger partial charge in [-0.3, -0.25) is 0 Å². The highest BCUT2D eigenvalue weighted by atomic mass is 14.9. The number of hydrogen-bond donors (Lipinski definition) is 2. The molecule has 3 nitrogen and oxygen atoms in total. The number of aromatic nitrogens is 2. The molecule has 1 heterocycles. The second-order valence-electron chi connectivity index (χ2n) is 4.88. The standard InChI is InChI=1S/C16H23N3/c1-2-3-4-5-6-11-18-15-9-7-14(8-10-15)16-12-17-13-19-16/h7-10,12-13,18H,2-6,11H2,1H3,(H,17,19). The molecule has 1 aromatic heterocycles. The van der Waals surface area contributed by atoms with Gasteiger partial charge >= 0.3 is 0 Å². The Morgan fingerprint density at radius 2 is 1.84 bits per heavy atom. The molecule has 19 heavy (non-hydrogen) atoms. The Balaban J connectivity index is 1.73. The molecule has 0 unspecified atom stereocenters. The van der Waals surface area contributed by atoms with Gasteiger partial charge in [-0.2, -0.15) is 0 Å². The molecule has 0 spiro atoms. The maximum Gasteiger partial charge on any atom is 0.0924 e. The third-order valence-corrected chi connectivity index (χ3v) is 3.30. The Morgan fingerprint density at radius 1 is 1.05 bits per heavy atom. The van der Waals surface area contributed by atoms with Crippen LogP contribution in [0.2, 0.25) is 0 Å². The first-order chi connectivity index (χ1) is 9.40. The van der Waals surface area contributed by atoms with Crippen molar-refractivity contribution in [2.45, 2.75) is 39.0 Å². The fraction of sp³-hybridized carbons (Fsp3) is 0.438. The smallest absolute Gasteiger partial charge is 0.0924 e. The highest BCUT2D eigenvalue weighted by Crippen LogP contribution is 2.18. The van der Waals surface area contributed by atoms with Crippen molar-refractivity contribution >= 4 is 5.69 Å². The average molecular weight is 257 g/mol. The summed E-state index contributed by atoms with van der Waals surface area (Å²) in [6.07, 6.45) is 10.2. The van der Waals surface area contributed by atoms with Crippen LogP contribution in [0.4, 0.5) is 5.69 Å². The van der Waals surface area contributed by atoms with Crippen molar-refractivity contribution in [1.29, 1.82) is 0 Å². The van der Waals surface area contributed by atoms with E-state index in [9.17, 15) is 0 Å². The van der Waals surface area contributed by atoms with Crippen LogP contribution in [0, 0.1) is 0 Å². The molecular formula is C16H23N3. The molecule has 0 atom stereocenters. The molecule has 1 aromatic carbocycles. The van der Waals surface area contributed by atoms with Gasteiger partial charge in [-0.05, 0) is 24.1 Å². The van der Waals surface area contributed by atoms with E-state index in [1.807, 2.05) is 6.20 Å². The predicted molar refractivity (Wildman–Crippen MR) is 81.3 cm³/mol. The second-order valence-corrected chi connectivity index (χ2v) is 4.88. The molecular weight excluding hydrogens is 234 g/mol.